The summed E-state index contributed by atoms with van der Waals surface area (Å²) in [6.07, 6.45) is 7.34. The standard InChI is InChI=1S/C14H27NO3/c1-3-15-13(14(16)17-4-2)10-11-18-12-8-6-5-7-9-12/h12-13,15H,3-11H2,1-2H3. The van der Waals surface area contributed by atoms with E-state index in [0.29, 0.717) is 25.7 Å². The molecule has 1 atom stereocenters. The molecule has 0 heterocycles. The summed E-state index contributed by atoms with van der Waals surface area (Å²) in [5.41, 5.74) is 0. The number of carbonyl (C=O) groups is 1. The second-order valence-corrected chi connectivity index (χ2v) is 4.78. The van der Waals surface area contributed by atoms with Crippen molar-refractivity contribution < 1.29 is 14.3 Å². The Bertz CT molecular complexity index is 227. The van der Waals surface area contributed by atoms with Gasteiger partial charge in [-0.3, -0.25) is 4.79 Å². The third-order valence-corrected chi connectivity index (χ3v) is 3.33. The molecule has 1 aliphatic rings. The van der Waals surface area contributed by atoms with E-state index in [4.69, 9.17) is 9.47 Å². The zero-order valence-electron chi connectivity index (χ0n) is 11.7. The number of hydrogen-bond donors (Lipinski definition) is 1. The molecule has 1 N–H and O–H groups in total. The molecule has 1 aliphatic carbocycles. The molecule has 4 heteroatoms. The minimum absolute atomic E-state index is 0.161. The maximum Gasteiger partial charge on any atom is 0.323 e. The molecule has 1 fully saturated rings. The molecule has 0 aromatic heterocycles. The van der Waals surface area contributed by atoms with Gasteiger partial charge in [-0.1, -0.05) is 26.2 Å². The molecular weight excluding hydrogens is 230 g/mol. The minimum atomic E-state index is -0.224. The van der Waals surface area contributed by atoms with Crippen LogP contribution in [0.15, 0.2) is 0 Å². The first kappa shape index (κ1) is 15.4. The predicted octanol–water partition coefficient (Wildman–Crippen LogP) is 2.27. The largest absolute Gasteiger partial charge is 0.465 e. The first-order valence-electron chi connectivity index (χ1n) is 7.29. The molecule has 1 rings (SSSR count). The summed E-state index contributed by atoms with van der Waals surface area (Å²) >= 11 is 0. The molecule has 0 radical (unpaired) electrons. The number of esters is 1. The van der Waals surface area contributed by atoms with E-state index in [1.54, 1.807) is 0 Å². The fraction of sp³-hybridized carbons (Fsp3) is 0.929. The number of ether oxygens (including phenoxy) is 2. The molecule has 0 saturated heterocycles. The number of nitrogens with one attached hydrogen (secondary N) is 1. The SMILES string of the molecule is CCNC(CCOC1CCCCC1)C(=O)OCC. The van der Waals surface area contributed by atoms with Crippen LogP contribution in [-0.2, 0) is 14.3 Å². The van der Waals surface area contributed by atoms with E-state index in [-0.39, 0.29) is 12.0 Å². The number of carbonyl (C=O) groups excluding carboxylic acids is 1. The average molecular weight is 257 g/mol. The Kier molecular flexibility index (Phi) is 8.01. The van der Waals surface area contributed by atoms with E-state index < -0.39 is 0 Å². The second-order valence-electron chi connectivity index (χ2n) is 4.78. The Balaban J connectivity index is 2.21. The summed E-state index contributed by atoms with van der Waals surface area (Å²) in [4.78, 5) is 11.7. The lowest BCUT2D eigenvalue weighted by Gasteiger charge is -2.23. The van der Waals surface area contributed by atoms with Gasteiger partial charge < -0.3 is 14.8 Å². The normalized spacial score (nSPS) is 18.6. The maximum absolute atomic E-state index is 11.7. The lowest BCUT2D eigenvalue weighted by atomic mass is 9.98. The Morgan fingerprint density at radius 2 is 2.00 bits per heavy atom. The summed E-state index contributed by atoms with van der Waals surface area (Å²) in [7, 11) is 0. The van der Waals surface area contributed by atoms with E-state index in [2.05, 4.69) is 5.32 Å². The molecule has 0 aliphatic heterocycles. The van der Waals surface area contributed by atoms with Crippen LogP contribution in [0.5, 0.6) is 0 Å². The van der Waals surface area contributed by atoms with Crippen LogP contribution in [-0.4, -0.2) is 37.9 Å². The first-order chi connectivity index (χ1) is 8.77. The van der Waals surface area contributed by atoms with E-state index >= 15 is 0 Å². The van der Waals surface area contributed by atoms with Crippen LogP contribution in [0.3, 0.4) is 0 Å². The summed E-state index contributed by atoms with van der Waals surface area (Å²) in [6, 6.07) is -0.224. The van der Waals surface area contributed by atoms with Gasteiger partial charge in [0.25, 0.3) is 0 Å². The summed E-state index contributed by atoms with van der Waals surface area (Å²) in [5.74, 6) is -0.161. The van der Waals surface area contributed by atoms with Gasteiger partial charge in [0.2, 0.25) is 0 Å². The molecule has 0 spiro atoms. The van der Waals surface area contributed by atoms with Crippen LogP contribution < -0.4 is 5.32 Å². The van der Waals surface area contributed by atoms with Gasteiger partial charge in [-0.05, 0) is 32.7 Å². The quantitative estimate of drug-likeness (QED) is 0.678. The molecule has 0 bridgehead atoms. The van der Waals surface area contributed by atoms with Crippen molar-refractivity contribution in [2.45, 2.75) is 64.5 Å². The predicted molar refractivity (Wildman–Crippen MR) is 71.5 cm³/mol. The van der Waals surface area contributed by atoms with Crippen molar-refractivity contribution in [3.05, 3.63) is 0 Å². The third-order valence-electron chi connectivity index (χ3n) is 3.33. The summed E-state index contributed by atoms with van der Waals surface area (Å²) in [5, 5.41) is 3.15. The summed E-state index contributed by atoms with van der Waals surface area (Å²) in [6.45, 7) is 5.67. The monoisotopic (exact) mass is 257 g/mol. The van der Waals surface area contributed by atoms with Crippen LogP contribution in [0.25, 0.3) is 0 Å². The Labute approximate surface area is 110 Å². The highest BCUT2D eigenvalue weighted by molar-refractivity contribution is 5.75. The van der Waals surface area contributed by atoms with Gasteiger partial charge in [-0.15, -0.1) is 0 Å². The highest BCUT2D eigenvalue weighted by Gasteiger charge is 2.19. The van der Waals surface area contributed by atoms with Crippen LogP contribution in [0.1, 0.15) is 52.4 Å². The van der Waals surface area contributed by atoms with Crippen LogP contribution in [0.4, 0.5) is 0 Å². The number of hydrogen-bond acceptors (Lipinski definition) is 4. The van der Waals surface area contributed by atoms with Gasteiger partial charge in [-0.2, -0.15) is 0 Å². The number of likely N-dealkylation sites (N-methyl/N-ethyl adjacent to an activating group) is 1. The Hall–Kier alpha value is -0.610. The average Bonchev–Trinajstić information content (AvgIpc) is 2.39. The number of rotatable bonds is 8. The van der Waals surface area contributed by atoms with E-state index in [0.717, 1.165) is 6.54 Å². The molecule has 0 aromatic carbocycles. The molecule has 1 unspecified atom stereocenters. The maximum atomic E-state index is 11.7. The fourth-order valence-electron chi connectivity index (χ4n) is 2.38. The Morgan fingerprint density at radius 3 is 2.61 bits per heavy atom. The van der Waals surface area contributed by atoms with Gasteiger partial charge in [0, 0.05) is 6.61 Å². The molecule has 0 amide bonds. The highest BCUT2D eigenvalue weighted by Crippen LogP contribution is 2.20. The van der Waals surface area contributed by atoms with Crippen LogP contribution in [0, 0.1) is 0 Å². The topological polar surface area (TPSA) is 47.6 Å². The molecule has 0 aromatic rings. The molecule has 106 valence electrons. The first-order valence-corrected chi connectivity index (χ1v) is 7.29. The Morgan fingerprint density at radius 1 is 1.28 bits per heavy atom. The fourth-order valence-corrected chi connectivity index (χ4v) is 2.38. The van der Waals surface area contributed by atoms with E-state index in [1.807, 2.05) is 13.8 Å². The van der Waals surface area contributed by atoms with Gasteiger partial charge in [0.05, 0.1) is 12.7 Å². The third kappa shape index (κ3) is 5.83. The van der Waals surface area contributed by atoms with Crippen LogP contribution in [0.2, 0.25) is 0 Å². The molecular formula is C14H27NO3. The van der Waals surface area contributed by atoms with Gasteiger partial charge >= 0.3 is 5.97 Å². The van der Waals surface area contributed by atoms with Gasteiger partial charge in [0.15, 0.2) is 0 Å². The second kappa shape index (κ2) is 9.34. The van der Waals surface area contributed by atoms with E-state index in [1.165, 1.54) is 32.1 Å². The lowest BCUT2D eigenvalue weighted by Crippen LogP contribution is -2.39. The molecule has 1 saturated carbocycles. The van der Waals surface area contributed by atoms with Crippen molar-refractivity contribution in [3.8, 4) is 0 Å². The van der Waals surface area contributed by atoms with Crippen LogP contribution >= 0.6 is 0 Å². The zero-order valence-corrected chi connectivity index (χ0v) is 11.7. The molecule has 18 heavy (non-hydrogen) atoms. The van der Waals surface area contributed by atoms with Gasteiger partial charge in [-0.25, -0.2) is 0 Å². The van der Waals surface area contributed by atoms with Crippen molar-refractivity contribution in [2.24, 2.45) is 0 Å². The molecule has 4 nitrogen and oxygen atoms in total. The zero-order chi connectivity index (χ0) is 13.2. The smallest absolute Gasteiger partial charge is 0.323 e. The van der Waals surface area contributed by atoms with Crippen molar-refractivity contribution in [1.29, 1.82) is 0 Å². The van der Waals surface area contributed by atoms with Gasteiger partial charge in [0.1, 0.15) is 6.04 Å². The van der Waals surface area contributed by atoms with Crippen molar-refractivity contribution in [1.82, 2.24) is 5.32 Å². The minimum Gasteiger partial charge on any atom is -0.465 e. The lowest BCUT2D eigenvalue weighted by molar-refractivity contribution is -0.146. The van der Waals surface area contributed by atoms with E-state index in [9.17, 15) is 4.79 Å². The summed E-state index contributed by atoms with van der Waals surface area (Å²) < 4.78 is 10.9. The van der Waals surface area contributed by atoms with Crippen molar-refractivity contribution in [3.63, 3.8) is 0 Å². The highest BCUT2D eigenvalue weighted by atomic mass is 16.5. The van der Waals surface area contributed by atoms with Crippen molar-refractivity contribution >= 4 is 5.97 Å². The van der Waals surface area contributed by atoms with Crippen molar-refractivity contribution in [2.75, 3.05) is 19.8 Å².